The van der Waals surface area contributed by atoms with Gasteiger partial charge < -0.3 is 14.2 Å². The Morgan fingerprint density at radius 2 is 2.08 bits per heavy atom. The maximum absolute atomic E-state index is 11.9. The summed E-state index contributed by atoms with van der Waals surface area (Å²) in [6, 6.07) is 2.64. The number of rotatable bonds is 5. The van der Waals surface area contributed by atoms with Crippen molar-refractivity contribution in [3.05, 3.63) is 46.0 Å². The molecule has 1 aromatic carbocycles. The molecule has 0 radical (unpaired) electrons. The highest BCUT2D eigenvalue weighted by Crippen LogP contribution is 2.35. The molecule has 9 heteroatoms. The first kappa shape index (κ1) is 17.9. The van der Waals surface area contributed by atoms with Crippen molar-refractivity contribution in [2.24, 2.45) is 0 Å². The summed E-state index contributed by atoms with van der Waals surface area (Å²) >= 11 is 0. The van der Waals surface area contributed by atoms with Crippen LogP contribution in [0.5, 0.6) is 5.75 Å². The quantitative estimate of drug-likeness (QED) is 0.457. The smallest absolute Gasteiger partial charge is 0.341 e. The Bertz CT molecular complexity index is 826. The van der Waals surface area contributed by atoms with Crippen LogP contribution < -0.4 is 4.74 Å². The van der Waals surface area contributed by atoms with Gasteiger partial charge in [0.15, 0.2) is 0 Å². The van der Waals surface area contributed by atoms with E-state index in [1.807, 2.05) is 0 Å². The van der Waals surface area contributed by atoms with E-state index in [9.17, 15) is 14.9 Å². The highest BCUT2D eigenvalue weighted by Gasteiger charge is 2.27. The minimum absolute atomic E-state index is 0.00168. The molecule has 1 saturated heterocycles. The van der Waals surface area contributed by atoms with Gasteiger partial charge in [0.05, 0.1) is 19.1 Å². The second-order valence-corrected chi connectivity index (χ2v) is 5.83. The van der Waals surface area contributed by atoms with Gasteiger partial charge in [-0.25, -0.2) is 9.78 Å². The minimum Gasteiger partial charge on any atom is -0.496 e. The number of nitro benzene ring substituents is 1. The summed E-state index contributed by atoms with van der Waals surface area (Å²) in [6.07, 6.45) is 4.87. The fourth-order valence-corrected chi connectivity index (χ4v) is 3.11. The number of methoxy groups -OCH3 is 2. The van der Waals surface area contributed by atoms with E-state index in [0.717, 1.165) is 18.7 Å². The predicted molar refractivity (Wildman–Crippen MR) is 90.9 cm³/mol. The molecule has 0 atom stereocenters. The van der Waals surface area contributed by atoms with Crippen LogP contribution in [-0.4, -0.2) is 47.9 Å². The first-order valence-electron chi connectivity index (χ1n) is 8.13. The lowest BCUT2D eigenvalue weighted by Crippen LogP contribution is -2.18. The number of imidazole rings is 1. The number of esters is 1. The zero-order valence-electron chi connectivity index (χ0n) is 14.5. The Morgan fingerprint density at radius 1 is 1.35 bits per heavy atom. The summed E-state index contributed by atoms with van der Waals surface area (Å²) in [5.74, 6) is 0.366. The van der Waals surface area contributed by atoms with Crippen molar-refractivity contribution in [2.45, 2.75) is 18.8 Å². The fourth-order valence-electron chi connectivity index (χ4n) is 3.11. The van der Waals surface area contributed by atoms with E-state index in [2.05, 4.69) is 9.72 Å². The minimum atomic E-state index is -0.702. The van der Waals surface area contributed by atoms with Gasteiger partial charge in [-0.15, -0.1) is 0 Å². The van der Waals surface area contributed by atoms with Crippen molar-refractivity contribution < 1.29 is 23.9 Å². The molecule has 26 heavy (non-hydrogen) atoms. The number of aromatic nitrogens is 2. The lowest BCUT2D eigenvalue weighted by atomic mass is 9.99. The highest BCUT2D eigenvalue weighted by molar-refractivity contribution is 5.94. The van der Waals surface area contributed by atoms with Crippen LogP contribution in [0.4, 0.5) is 5.69 Å². The second-order valence-electron chi connectivity index (χ2n) is 5.83. The Hall–Kier alpha value is -2.94. The highest BCUT2D eigenvalue weighted by atomic mass is 16.6. The van der Waals surface area contributed by atoms with Crippen LogP contribution in [0.3, 0.4) is 0 Å². The van der Waals surface area contributed by atoms with Crippen LogP contribution in [0.25, 0.3) is 5.69 Å². The number of nitrogens with zero attached hydrogens (tertiary/aromatic N) is 3. The predicted octanol–water partition coefficient (Wildman–Crippen LogP) is 2.47. The largest absolute Gasteiger partial charge is 0.496 e. The van der Waals surface area contributed by atoms with Crippen molar-refractivity contribution in [1.82, 2.24) is 9.55 Å². The van der Waals surface area contributed by atoms with Crippen LogP contribution in [0.2, 0.25) is 0 Å². The molecule has 0 N–H and O–H groups in total. The maximum atomic E-state index is 11.9. The van der Waals surface area contributed by atoms with Gasteiger partial charge in [0, 0.05) is 43.7 Å². The lowest BCUT2D eigenvalue weighted by Gasteiger charge is -2.22. The SMILES string of the molecule is COC(=O)c1cc([N+](=O)[O-])c(-n2ccnc2C2CCOCC2)cc1OC. The Morgan fingerprint density at radius 3 is 2.69 bits per heavy atom. The number of ether oxygens (including phenoxy) is 3. The number of hydrogen-bond acceptors (Lipinski definition) is 7. The van der Waals surface area contributed by atoms with Crippen molar-refractivity contribution >= 4 is 11.7 Å². The van der Waals surface area contributed by atoms with Crippen LogP contribution >= 0.6 is 0 Å². The van der Waals surface area contributed by atoms with E-state index in [0.29, 0.717) is 18.9 Å². The third-order valence-electron chi connectivity index (χ3n) is 4.41. The molecule has 2 aromatic rings. The number of carbonyl (C=O) groups excluding carboxylic acids is 1. The number of benzene rings is 1. The monoisotopic (exact) mass is 361 g/mol. The molecule has 138 valence electrons. The van der Waals surface area contributed by atoms with Gasteiger partial charge in [0.25, 0.3) is 5.69 Å². The van der Waals surface area contributed by atoms with Crippen LogP contribution in [0.1, 0.15) is 34.9 Å². The van der Waals surface area contributed by atoms with Crippen LogP contribution in [0.15, 0.2) is 24.5 Å². The van der Waals surface area contributed by atoms with Crippen molar-refractivity contribution in [1.29, 1.82) is 0 Å². The molecule has 0 amide bonds. The van der Waals surface area contributed by atoms with E-state index in [1.165, 1.54) is 26.4 Å². The van der Waals surface area contributed by atoms with E-state index in [4.69, 9.17) is 9.47 Å². The van der Waals surface area contributed by atoms with Gasteiger partial charge in [-0.05, 0) is 12.8 Å². The summed E-state index contributed by atoms with van der Waals surface area (Å²) in [5.41, 5.74) is 0.0641. The van der Waals surface area contributed by atoms with Gasteiger partial charge in [0.1, 0.15) is 22.8 Å². The summed E-state index contributed by atoms with van der Waals surface area (Å²) in [5, 5.41) is 11.6. The maximum Gasteiger partial charge on any atom is 0.341 e. The first-order chi connectivity index (χ1) is 12.6. The molecule has 1 aliphatic rings. The second kappa shape index (κ2) is 7.52. The van der Waals surface area contributed by atoms with Crippen molar-refractivity contribution in [3.63, 3.8) is 0 Å². The van der Waals surface area contributed by atoms with E-state index in [-0.39, 0.29) is 22.9 Å². The van der Waals surface area contributed by atoms with Gasteiger partial charge in [-0.1, -0.05) is 0 Å². The van der Waals surface area contributed by atoms with Crippen molar-refractivity contribution in [2.75, 3.05) is 27.4 Å². The Kier molecular flexibility index (Phi) is 5.17. The fraction of sp³-hybridized carbons (Fsp3) is 0.412. The van der Waals surface area contributed by atoms with Crippen LogP contribution in [-0.2, 0) is 9.47 Å². The zero-order chi connectivity index (χ0) is 18.7. The lowest BCUT2D eigenvalue weighted by molar-refractivity contribution is -0.384. The molecule has 9 nitrogen and oxygen atoms in total. The summed E-state index contributed by atoms with van der Waals surface area (Å²) in [6.45, 7) is 1.26. The molecular formula is C17H19N3O6. The molecule has 0 bridgehead atoms. The summed E-state index contributed by atoms with van der Waals surface area (Å²) < 4.78 is 17.0. The molecule has 1 aromatic heterocycles. The Labute approximate surface area is 149 Å². The first-order valence-corrected chi connectivity index (χ1v) is 8.13. The van der Waals surface area contributed by atoms with Gasteiger partial charge in [-0.2, -0.15) is 0 Å². The summed E-state index contributed by atoms with van der Waals surface area (Å²) in [4.78, 5) is 27.4. The summed E-state index contributed by atoms with van der Waals surface area (Å²) in [7, 11) is 2.60. The normalized spacial score (nSPS) is 14.8. The molecule has 1 aliphatic heterocycles. The molecular weight excluding hydrogens is 342 g/mol. The van der Waals surface area contributed by atoms with E-state index < -0.39 is 10.9 Å². The molecule has 0 saturated carbocycles. The number of carbonyl (C=O) groups is 1. The average molecular weight is 361 g/mol. The van der Waals surface area contributed by atoms with E-state index >= 15 is 0 Å². The van der Waals surface area contributed by atoms with Crippen LogP contribution in [0, 0.1) is 10.1 Å². The number of hydrogen-bond donors (Lipinski definition) is 0. The average Bonchev–Trinajstić information content (AvgIpc) is 3.16. The Balaban J connectivity index is 2.14. The third-order valence-corrected chi connectivity index (χ3v) is 4.41. The molecule has 0 spiro atoms. The van der Waals surface area contributed by atoms with Gasteiger partial charge in [0.2, 0.25) is 0 Å². The van der Waals surface area contributed by atoms with Gasteiger partial charge >= 0.3 is 5.97 Å². The van der Waals surface area contributed by atoms with E-state index in [1.54, 1.807) is 17.0 Å². The van der Waals surface area contributed by atoms with Crippen molar-refractivity contribution in [3.8, 4) is 11.4 Å². The van der Waals surface area contributed by atoms with Gasteiger partial charge in [-0.3, -0.25) is 14.7 Å². The topological polar surface area (TPSA) is 106 Å². The molecule has 2 heterocycles. The standard InChI is InChI=1S/C17H19N3O6/c1-24-15-10-13(14(20(22)23)9-12(15)17(21)25-2)19-6-5-18-16(19)11-3-7-26-8-4-11/h5-6,9-11H,3-4,7-8H2,1-2H3. The third kappa shape index (κ3) is 3.25. The molecule has 0 aliphatic carbocycles. The zero-order valence-corrected chi connectivity index (χ0v) is 14.5. The number of nitro groups is 1. The molecule has 1 fully saturated rings. The molecule has 3 rings (SSSR count). The molecule has 0 unspecified atom stereocenters.